The molecule has 0 amide bonds. The standard InChI is InChI=1S/C5H7NO2.2ClH/c1-3-7-5-8-4-2-6-1;;/h1-3H,4-5H2;2*1H. The van der Waals surface area contributed by atoms with Crippen molar-refractivity contribution in [2.45, 2.75) is 0 Å². The Hall–Kier alpha value is -0.250. The molecule has 0 aromatic heterocycles. The van der Waals surface area contributed by atoms with Crippen molar-refractivity contribution in [2.24, 2.45) is 4.99 Å². The number of hydrogen-bond acceptors (Lipinski definition) is 3. The highest BCUT2D eigenvalue weighted by atomic mass is 35.5. The van der Waals surface area contributed by atoms with Gasteiger partial charge in [-0.05, 0) is 0 Å². The van der Waals surface area contributed by atoms with Crippen molar-refractivity contribution >= 4 is 31.0 Å². The van der Waals surface area contributed by atoms with E-state index in [9.17, 15) is 0 Å². The minimum Gasteiger partial charge on any atom is -0.474 e. The van der Waals surface area contributed by atoms with E-state index in [4.69, 9.17) is 9.47 Å². The summed E-state index contributed by atoms with van der Waals surface area (Å²) in [5.41, 5.74) is 0. The summed E-state index contributed by atoms with van der Waals surface area (Å²) >= 11 is 0. The predicted octanol–water partition coefficient (Wildman–Crippen LogP) is 1.38. The lowest BCUT2D eigenvalue weighted by molar-refractivity contribution is 0.00649. The number of nitrogens with zero attached hydrogens (tertiary/aromatic N) is 1. The van der Waals surface area contributed by atoms with E-state index in [1.54, 1.807) is 12.4 Å². The topological polar surface area (TPSA) is 30.8 Å². The summed E-state index contributed by atoms with van der Waals surface area (Å²) in [7, 11) is 0. The summed E-state index contributed by atoms with van der Waals surface area (Å²) in [5, 5.41) is 0. The molecule has 0 saturated carbocycles. The molecule has 0 bridgehead atoms. The van der Waals surface area contributed by atoms with Gasteiger partial charge < -0.3 is 9.47 Å². The predicted molar refractivity (Wildman–Crippen MR) is 44.0 cm³/mol. The lowest BCUT2D eigenvalue weighted by atomic mass is 10.8. The van der Waals surface area contributed by atoms with Gasteiger partial charge in [0.25, 0.3) is 0 Å². The van der Waals surface area contributed by atoms with Gasteiger partial charge in [0.1, 0.15) is 6.26 Å². The molecular weight excluding hydrogens is 177 g/mol. The van der Waals surface area contributed by atoms with Gasteiger partial charge in [-0.1, -0.05) is 0 Å². The minimum absolute atomic E-state index is 0. The zero-order valence-corrected chi connectivity index (χ0v) is 6.86. The maximum Gasteiger partial charge on any atom is 0.188 e. The molecule has 1 aliphatic rings. The second kappa shape index (κ2) is 8.75. The van der Waals surface area contributed by atoms with E-state index in [-0.39, 0.29) is 24.8 Å². The summed E-state index contributed by atoms with van der Waals surface area (Å²) in [6, 6.07) is 0. The van der Waals surface area contributed by atoms with Crippen LogP contribution in [0.25, 0.3) is 0 Å². The third kappa shape index (κ3) is 5.88. The van der Waals surface area contributed by atoms with Crippen LogP contribution in [0.2, 0.25) is 0 Å². The monoisotopic (exact) mass is 185 g/mol. The van der Waals surface area contributed by atoms with Crippen molar-refractivity contribution in [2.75, 3.05) is 13.4 Å². The average Bonchev–Trinajstić information content (AvgIpc) is 1.62. The average molecular weight is 186 g/mol. The van der Waals surface area contributed by atoms with Crippen molar-refractivity contribution in [3.8, 4) is 0 Å². The molecule has 5 heteroatoms. The van der Waals surface area contributed by atoms with Gasteiger partial charge in [-0.3, -0.25) is 4.99 Å². The SMILES string of the molecule is C1=COCOCC=N1.Cl.Cl. The van der Waals surface area contributed by atoms with Crippen molar-refractivity contribution < 1.29 is 9.47 Å². The smallest absolute Gasteiger partial charge is 0.188 e. The molecule has 3 nitrogen and oxygen atoms in total. The van der Waals surface area contributed by atoms with Crippen LogP contribution in [0, 0.1) is 0 Å². The molecule has 0 radical (unpaired) electrons. The lowest BCUT2D eigenvalue weighted by Gasteiger charge is -2.00. The summed E-state index contributed by atoms with van der Waals surface area (Å²) in [5.74, 6) is 0. The van der Waals surface area contributed by atoms with Crippen LogP contribution in [-0.2, 0) is 9.47 Å². The van der Waals surface area contributed by atoms with Crippen LogP contribution in [0.15, 0.2) is 17.5 Å². The Morgan fingerprint density at radius 3 is 2.90 bits per heavy atom. The molecule has 0 spiro atoms. The lowest BCUT2D eigenvalue weighted by Crippen LogP contribution is -1.99. The second-order valence-electron chi connectivity index (χ2n) is 1.27. The molecule has 1 aliphatic heterocycles. The van der Waals surface area contributed by atoms with Crippen molar-refractivity contribution in [1.29, 1.82) is 0 Å². The Morgan fingerprint density at radius 2 is 2.10 bits per heavy atom. The van der Waals surface area contributed by atoms with Gasteiger partial charge in [0.05, 0.1) is 12.8 Å². The molecule has 0 unspecified atom stereocenters. The number of aliphatic imine (C=N–C) groups is 1. The van der Waals surface area contributed by atoms with Crippen LogP contribution in [0.3, 0.4) is 0 Å². The zero-order chi connectivity index (χ0) is 5.66. The van der Waals surface area contributed by atoms with Gasteiger partial charge in [0.2, 0.25) is 0 Å². The Morgan fingerprint density at radius 1 is 1.30 bits per heavy atom. The number of hydrogen-bond donors (Lipinski definition) is 0. The summed E-state index contributed by atoms with van der Waals surface area (Å²) in [6.07, 6.45) is 4.76. The highest BCUT2D eigenvalue weighted by Crippen LogP contribution is 1.83. The number of halogens is 2. The molecule has 0 atom stereocenters. The fourth-order valence-electron chi connectivity index (χ4n) is 0.370. The highest BCUT2D eigenvalue weighted by molar-refractivity contribution is 5.85. The molecule has 0 N–H and O–H groups in total. The molecule has 0 fully saturated rings. The third-order valence-corrected chi connectivity index (χ3v) is 0.692. The molecule has 1 rings (SSSR count). The van der Waals surface area contributed by atoms with Crippen LogP contribution < -0.4 is 0 Å². The fraction of sp³-hybridized carbons (Fsp3) is 0.400. The maximum atomic E-state index is 4.85. The number of rotatable bonds is 0. The van der Waals surface area contributed by atoms with Gasteiger partial charge >= 0.3 is 0 Å². The molecule has 1 heterocycles. The van der Waals surface area contributed by atoms with Crippen LogP contribution in [0.4, 0.5) is 0 Å². The Bertz CT molecular complexity index is 102. The quantitative estimate of drug-likeness (QED) is 0.572. The third-order valence-electron chi connectivity index (χ3n) is 0.692. The van der Waals surface area contributed by atoms with Gasteiger partial charge in [0, 0.05) is 6.21 Å². The first kappa shape index (κ1) is 12.4. The molecule has 0 aliphatic carbocycles. The van der Waals surface area contributed by atoms with Gasteiger partial charge in [-0.2, -0.15) is 0 Å². The highest BCUT2D eigenvalue weighted by Gasteiger charge is 1.82. The summed E-state index contributed by atoms with van der Waals surface area (Å²) in [4.78, 5) is 3.78. The van der Waals surface area contributed by atoms with Crippen LogP contribution in [-0.4, -0.2) is 19.6 Å². The second-order valence-corrected chi connectivity index (χ2v) is 1.27. The first-order valence-electron chi connectivity index (χ1n) is 2.36. The summed E-state index contributed by atoms with van der Waals surface area (Å²) in [6.45, 7) is 0.854. The van der Waals surface area contributed by atoms with Gasteiger partial charge in [-0.25, -0.2) is 0 Å². The first-order valence-corrected chi connectivity index (χ1v) is 2.36. The molecule has 0 aromatic rings. The van der Waals surface area contributed by atoms with Crippen LogP contribution in [0.5, 0.6) is 0 Å². The van der Waals surface area contributed by atoms with Crippen molar-refractivity contribution in [1.82, 2.24) is 0 Å². The molecule has 10 heavy (non-hydrogen) atoms. The van der Waals surface area contributed by atoms with E-state index < -0.39 is 0 Å². The molecular formula is C5H9Cl2NO2. The van der Waals surface area contributed by atoms with Gasteiger partial charge in [0.15, 0.2) is 6.79 Å². The van der Waals surface area contributed by atoms with E-state index in [2.05, 4.69) is 4.99 Å². The molecule has 0 saturated heterocycles. The largest absolute Gasteiger partial charge is 0.474 e. The first-order chi connectivity index (χ1) is 4.00. The Labute approximate surface area is 71.9 Å². The molecule has 0 aromatic carbocycles. The zero-order valence-electron chi connectivity index (χ0n) is 5.23. The fourth-order valence-corrected chi connectivity index (χ4v) is 0.370. The van der Waals surface area contributed by atoms with E-state index in [1.165, 1.54) is 6.26 Å². The van der Waals surface area contributed by atoms with Crippen molar-refractivity contribution in [3.05, 3.63) is 12.5 Å². The summed E-state index contributed by atoms with van der Waals surface area (Å²) < 4.78 is 9.61. The van der Waals surface area contributed by atoms with Crippen LogP contribution >= 0.6 is 24.8 Å². The Balaban J connectivity index is 0. The maximum absolute atomic E-state index is 4.85. The van der Waals surface area contributed by atoms with Gasteiger partial charge in [-0.15, -0.1) is 24.8 Å². The normalized spacial score (nSPS) is 15.2. The Kier molecular flexibility index (Phi) is 10.9. The van der Waals surface area contributed by atoms with Crippen LogP contribution in [0.1, 0.15) is 0 Å². The van der Waals surface area contributed by atoms with E-state index >= 15 is 0 Å². The van der Waals surface area contributed by atoms with Crippen molar-refractivity contribution in [3.63, 3.8) is 0 Å². The minimum atomic E-state index is 0. The molecule has 60 valence electrons. The number of ether oxygens (including phenoxy) is 2. The van der Waals surface area contributed by atoms with E-state index in [0.717, 1.165) is 0 Å². The van der Waals surface area contributed by atoms with E-state index in [0.29, 0.717) is 13.4 Å². The van der Waals surface area contributed by atoms with E-state index in [1.807, 2.05) is 0 Å².